The van der Waals surface area contributed by atoms with Crippen LogP contribution in [0.25, 0.3) is 0 Å². The number of halogens is 1. The lowest BCUT2D eigenvalue weighted by atomic mass is 10.0. The molecule has 2 amide bonds. The van der Waals surface area contributed by atoms with Crippen molar-refractivity contribution in [3.05, 3.63) is 114 Å². The van der Waals surface area contributed by atoms with Crippen LogP contribution in [0, 0.1) is 12.7 Å². The van der Waals surface area contributed by atoms with E-state index in [1.807, 2.05) is 26.0 Å². The molecule has 8 heteroatoms. The van der Waals surface area contributed by atoms with E-state index in [1.165, 1.54) is 47.8 Å². The Labute approximate surface area is 208 Å². The van der Waals surface area contributed by atoms with Gasteiger partial charge in [0.05, 0.1) is 12.8 Å². The van der Waals surface area contributed by atoms with Crippen LogP contribution in [0.15, 0.2) is 91.4 Å². The zero-order valence-electron chi connectivity index (χ0n) is 19.9. The fraction of sp³-hybridized carbons (Fsp3) is 0.143. The van der Waals surface area contributed by atoms with E-state index in [0.717, 1.165) is 5.56 Å². The second-order valence-electron chi connectivity index (χ2n) is 8.00. The molecule has 0 saturated heterocycles. The molecule has 7 nitrogen and oxygen atoms in total. The van der Waals surface area contributed by atoms with Crippen LogP contribution in [0.5, 0.6) is 5.75 Å². The van der Waals surface area contributed by atoms with Gasteiger partial charge in [0.25, 0.3) is 11.8 Å². The maximum Gasteiger partial charge on any atom is 0.279 e. The molecule has 1 aromatic heterocycles. The van der Waals surface area contributed by atoms with Gasteiger partial charge in [-0.3, -0.25) is 19.5 Å². The standard InChI is InChI=1S/C28H25FN4O3/c1-3-36-24-14-6-20(7-15-24)26(27(34)32-22-10-8-21(29)9-11-22)33(23-12-4-19(2)5-13-23)28(35)25-18-30-16-17-31-25/h4-18,26H,3H2,1-2H3,(H,32,34)/t26-/m0/s1. The lowest BCUT2D eigenvalue weighted by Gasteiger charge is -2.31. The molecule has 0 spiro atoms. The van der Waals surface area contributed by atoms with Gasteiger partial charge in [0.1, 0.15) is 23.3 Å². The summed E-state index contributed by atoms with van der Waals surface area (Å²) in [7, 11) is 0. The number of amides is 2. The van der Waals surface area contributed by atoms with Crippen LogP contribution in [0.1, 0.15) is 34.6 Å². The number of aromatic nitrogens is 2. The number of nitrogens with zero attached hydrogens (tertiary/aromatic N) is 3. The molecule has 0 aliphatic heterocycles. The lowest BCUT2D eigenvalue weighted by molar-refractivity contribution is -0.117. The Balaban J connectivity index is 1.82. The van der Waals surface area contributed by atoms with Crippen molar-refractivity contribution >= 4 is 23.2 Å². The predicted molar refractivity (Wildman–Crippen MR) is 135 cm³/mol. The summed E-state index contributed by atoms with van der Waals surface area (Å²) in [5.41, 5.74) is 2.54. The molecule has 0 fully saturated rings. The van der Waals surface area contributed by atoms with Crippen LogP contribution in [0.2, 0.25) is 0 Å². The van der Waals surface area contributed by atoms with Crippen LogP contribution in [0.3, 0.4) is 0 Å². The molecule has 0 radical (unpaired) electrons. The molecule has 0 aliphatic rings. The molecule has 4 rings (SSSR count). The molecule has 0 unspecified atom stereocenters. The Hall–Kier alpha value is -4.59. The maximum atomic E-state index is 13.8. The maximum absolute atomic E-state index is 13.8. The number of rotatable bonds is 8. The zero-order chi connectivity index (χ0) is 25.5. The van der Waals surface area contributed by atoms with Crippen molar-refractivity contribution in [2.45, 2.75) is 19.9 Å². The van der Waals surface area contributed by atoms with E-state index >= 15 is 0 Å². The number of benzene rings is 3. The van der Waals surface area contributed by atoms with Crippen molar-refractivity contribution in [3.63, 3.8) is 0 Å². The smallest absolute Gasteiger partial charge is 0.279 e. The number of ether oxygens (including phenoxy) is 1. The first-order valence-corrected chi connectivity index (χ1v) is 11.4. The van der Waals surface area contributed by atoms with Gasteiger partial charge in [-0.15, -0.1) is 0 Å². The molecular weight excluding hydrogens is 459 g/mol. The van der Waals surface area contributed by atoms with Crippen molar-refractivity contribution in [1.29, 1.82) is 0 Å². The molecule has 3 aromatic carbocycles. The summed E-state index contributed by atoms with van der Waals surface area (Å²) < 4.78 is 19.0. The minimum absolute atomic E-state index is 0.0867. The molecule has 1 atom stereocenters. The Morgan fingerprint density at radius 2 is 1.67 bits per heavy atom. The zero-order valence-corrected chi connectivity index (χ0v) is 19.9. The van der Waals surface area contributed by atoms with Gasteiger partial charge < -0.3 is 10.1 Å². The molecule has 1 N–H and O–H groups in total. The van der Waals surface area contributed by atoms with E-state index in [0.29, 0.717) is 29.3 Å². The third kappa shape index (κ3) is 5.72. The van der Waals surface area contributed by atoms with E-state index < -0.39 is 23.7 Å². The number of hydrogen-bond donors (Lipinski definition) is 1. The van der Waals surface area contributed by atoms with Crippen molar-refractivity contribution in [3.8, 4) is 5.75 Å². The summed E-state index contributed by atoms with van der Waals surface area (Å²) in [4.78, 5) is 37.1. The molecule has 1 heterocycles. The van der Waals surface area contributed by atoms with Crippen LogP contribution in [-0.2, 0) is 4.79 Å². The second kappa shape index (κ2) is 11.2. The third-order valence-electron chi connectivity index (χ3n) is 5.44. The number of hydrogen-bond acceptors (Lipinski definition) is 5. The number of anilines is 2. The highest BCUT2D eigenvalue weighted by atomic mass is 19.1. The normalized spacial score (nSPS) is 11.4. The van der Waals surface area contributed by atoms with E-state index in [4.69, 9.17) is 4.74 Å². The van der Waals surface area contributed by atoms with E-state index in [-0.39, 0.29) is 5.69 Å². The van der Waals surface area contributed by atoms with Gasteiger partial charge in [-0.2, -0.15) is 0 Å². The van der Waals surface area contributed by atoms with Crippen molar-refractivity contribution in [2.24, 2.45) is 0 Å². The highest BCUT2D eigenvalue weighted by Crippen LogP contribution is 2.31. The largest absolute Gasteiger partial charge is 0.494 e. The van der Waals surface area contributed by atoms with Crippen molar-refractivity contribution in [1.82, 2.24) is 9.97 Å². The first kappa shape index (κ1) is 24.5. The molecule has 182 valence electrons. The Morgan fingerprint density at radius 3 is 2.28 bits per heavy atom. The average Bonchev–Trinajstić information content (AvgIpc) is 2.90. The van der Waals surface area contributed by atoms with Crippen molar-refractivity contribution < 1.29 is 18.7 Å². The molecular formula is C28H25FN4O3. The summed E-state index contributed by atoms with van der Waals surface area (Å²) >= 11 is 0. The minimum atomic E-state index is -1.08. The summed E-state index contributed by atoms with van der Waals surface area (Å²) in [6.07, 6.45) is 4.25. The van der Waals surface area contributed by atoms with Gasteiger partial charge in [0, 0.05) is 23.8 Å². The Morgan fingerprint density at radius 1 is 0.972 bits per heavy atom. The molecule has 0 aliphatic carbocycles. The van der Waals surface area contributed by atoms with E-state index in [9.17, 15) is 14.0 Å². The Kier molecular flexibility index (Phi) is 7.65. The number of carbonyl (C=O) groups excluding carboxylic acids is 2. The van der Waals surface area contributed by atoms with Crippen LogP contribution < -0.4 is 15.0 Å². The number of aryl methyl sites for hydroxylation is 1. The molecule has 4 aromatic rings. The van der Waals surface area contributed by atoms with Crippen LogP contribution >= 0.6 is 0 Å². The number of nitrogens with one attached hydrogen (secondary N) is 1. The molecule has 0 bridgehead atoms. The number of carbonyl (C=O) groups is 2. The van der Waals surface area contributed by atoms with Gasteiger partial charge >= 0.3 is 0 Å². The predicted octanol–water partition coefficient (Wildman–Crippen LogP) is 5.35. The van der Waals surface area contributed by atoms with Gasteiger partial charge in [-0.25, -0.2) is 9.37 Å². The fourth-order valence-corrected chi connectivity index (χ4v) is 3.70. The highest BCUT2D eigenvalue weighted by Gasteiger charge is 2.34. The van der Waals surface area contributed by atoms with E-state index in [2.05, 4.69) is 15.3 Å². The lowest BCUT2D eigenvalue weighted by Crippen LogP contribution is -2.42. The summed E-state index contributed by atoms with van der Waals surface area (Å²) in [6.45, 7) is 4.31. The van der Waals surface area contributed by atoms with E-state index in [1.54, 1.807) is 36.4 Å². The average molecular weight is 485 g/mol. The van der Waals surface area contributed by atoms with Gasteiger partial charge in [0.2, 0.25) is 0 Å². The van der Waals surface area contributed by atoms with Gasteiger partial charge in [-0.1, -0.05) is 29.8 Å². The quantitative estimate of drug-likeness (QED) is 0.365. The van der Waals surface area contributed by atoms with Gasteiger partial charge in [0.15, 0.2) is 0 Å². The molecule has 36 heavy (non-hydrogen) atoms. The Bertz CT molecular complexity index is 1310. The first-order valence-electron chi connectivity index (χ1n) is 11.4. The summed E-state index contributed by atoms with van der Waals surface area (Å²) in [5, 5.41) is 2.81. The SMILES string of the molecule is CCOc1ccc([C@@H](C(=O)Nc2ccc(F)cc2)N(C(=O)c2cnccn2)c2ccc(C)cc2)cc1. The summed E-state index contributed by atoms with van der Waals surface area (Å²) in [6, 6.07) is 18.6. The van der Waals surface area contributed by atoms with Crippen LogP contribution in [0.4, 0.5) is 15.8 Å². The molecule has 0 saturated carbocycles. The minimum Gasteiger partial charge on any atom is -0.494 e. The third-order valence-corrected chi connectivity index (χ3v) is 5.44. The first-order chi connectivity index (χ1) is 17.5. The second-order valence-corrected chi connectivity index (χ2v) is 8.00. The van der Waals surface area contributed by atoms with Gasteiger partial charge in [-0.05, 0) is 67.9 Å². The monoisotopic (exact) mass is 484 g/mol. The topological polar surface area (TPSA) is 84.4 Å². The fourth-order valence-electron chi connectivity index (χ4n) is 3.70. The summed E-state index contributed by atoms with van der Waals surface area (Å²) in [5.74, 6) is -0.764. The highest BCUT2D eigenvalue weighted by molar-refractivity contribution is 6.11. The van der Waals surface area contributed by atoms with Crippen molar-refractivity contribution in [2.75, 3.05) is 16.8 Å². The van der Waals surface area contributed by atoms with Crippen LogP contribution in [-0.4, -0.2) is 28.4 Å².